The SMILES string of the molecule is CC(C)c1nc(S(=O)(=O)Cl)cn1CC(=O)NC1CC1. The summed E-state index contributed by atoms with van der Waals surface area (Å²) in [5.41, 5.74) is 0. The van der Waals surface area contributed by atoms with E-state index in [-0.39, 0.29) is 29.4 Å². The lowest BCUT2D eigenvalue weighted by Gasteiger charge is -2.09. The highest BCUT2D eigenvalue weighted by Gasteiger charge is 2.25. The smallest absolute Gasteiger partial charge is 0.280 e. The molecule has 19 heavy (non-hydrogen) atoms. The van der Waals surface area contributed by atoms with Crippen LogP contribution in [0, 0.1) is 0 Å². The Balaban J connectivity index is 2.21. The van der Waals surface area contributed by atoms with Crippen molar-refractivity contribution >= 4 is 25.6 Å². The summed E-state index contributed by atoms with van der Waals surface area (Å²) in [4.78, 5) is 15.7. The van der Waals surface area contributed by atoms with Crippen molar-refractivity contribution < 1.29 is 13.2 Å². The van der Waals surface area contributed by atoms with E-state index in [0.717, 1.165) is 12.8 Å². The fourth-order valence-electron chi connectivity index (χ4n) is 1.77. The lowest BCUT2D eigenvalue weighted by atomic mass is 10.2. The molecule has 1 aromatic heterocycles. The minimum Gasteiger partial charge on any atom is -0.352 e. The molecule has 1 heterocycles. The van der Waals surface area contributed by atoms with E-state index in [9.17, 15) is 13.2 Å². The molecule has 6 nitrogen and oxygen atoms in total. The predicted molar refractivity (Wildman–Crippen MR) is 70.5 cm³/mol. The fraction of sp³-hybridized carbons (Fsp3) is 0.636. The van der Waals surface area contributed by atoms with Crippen molar-refractivity contribution in [1.82, 2.24) is 14.9 Å². The first-order valence-corrected chi connectivity index (χ1v) is 8.39. The average molecular weight is 306 g/mol. The lowest BCUT2D eigenvalue weighted by molar-refractivity contribution is -0.121. The molecule has 0 unspecified atom stereocenters. The minimum atomic E-state index is -3.88. The van der Waals surface area contributed by atoms with E-state index in [1.54, 1.807) is 0 Å². The van der Waals surface area contributed by atoms with E-state index in [0.29, 0.717) is 5.82 Å². The first-order valence-electron chi connectivity index (χ1n) is 6.08. The van der Waals surface area contributed by atoms with E-state index in [4.69, 9.17) is 10.7 Å². The van der Waals surface area contributed by atoms with Gasteiger partial charge >= 0.3 is 0 Å². The summed E-state index contributed by atoms with van der Waals surface area (Å²) < 4.78 is 24.1. The Morgan fingerprint density at radius 3 is 2.68 bits per heavy atom. The van der Waals surface area contributed by atoms with Crippen molar-refractivity contribution in [3.63, 3.8) is 0 Å². The van der Waals surface area contributed by atoms with Gasteiger partial charge in [-0.2, -0.15) is 0 Å². The lowest BCUT2D eigenvalue weighted by Crippen LogP contribution is -2.29. The Morgan fingerprint density at radius 1 is 1.58 bits per heavy atom. The van der Waals surface area contributed by atoms with Gasteiger partial charge < -0.3 is 9.88 Å². The van der Waals surface area contributed by atoms with Gasteiger partial charge in [0.25, 0.3) is 9.05 Å². The second kappa shape index (κ2) is 5.13. The Kier molecular flexibility index (Phi) is 3.87. The Morgan fingerprint density at radius 2 is 2.21 bits per heavy atom. The van der Waals surface area contributed by atoms with Gasteiger partial charge in [-0.05, 0) is 12.8 Å². The molecule has 106 valence electrons. The van der Waals surface area contributed by atoms with Crippen LogP contribution in [0.2, 0.25) is 0 Å². The van der Waals surface area contributed by atoms with Crippen LogP contribution < -0.4 is 5.32 Å². The van der Waals surface area contributed by atoms with E-state index < -0.39 is 9.05 Å². The number of aromatic nitrogens is 2. The summed E-state index contributed by atoms with van der Waals surface area (Å²) in [6.45, 7) is 3.81. The standard InChI is InChI=1S/C11H16ClN3O3S/c1-7(2)11-14-10(19(12,17)18)6-15(11)5-9(16)13-8-3-4-8/h6-8H,3-5H2,1-2H3,(H,13,16). The molecule has 0 bridgehead atoms. The maximum absolute atomic E-state index is 11.8. The number of hydrogen-bond acceptors (Lipinski definition) is 4. The number of carbonyl (C=O) groups is 1. The van der Waals surface area contributed by atoms with Gasteiger partial charge in [0.05, 0.1) is 0 Å². The zero-order chi connectivity index (χ0) is 14.2. The number of imidazole rings is 1. The number of nitrogens with zero attached hydrogens (tertiary/aromatic N) is 2. The van der Waals surface area contributed by atoms with Gasteiger partial charge in [-0.15, -0.1) is 0 Å². The summed E-state index contributed by atoms with van der Waals surface area (Å²) in [5.74, 6) is 0.395. The highest BCUT2D eigenvalue weighted by Crippen LogP contribution is 2.21. The second-order valence-corrected chi connectivity index (χ2v) is 7.51. The molecule has 2 rings (SSSR count). The highest BCUT2D eigenvalue weighted by molar-refractivity contribution is 8.13. The number of carbonyl (C=O) groups excluding carboxylic acids is 1. The molecule has 1 amide bonds. The maximum Gasteiger partial charge on any atom is 0.280 e. The van der Waals surface area contributed by atoms with Crippen LogP contribution in [-0.2, 0) is 20.4 Å². The number of nitrogens with one attached hydrogen (secondary N) is 1. The summed E-state index contributed by atoms with van der Waals surface area (Å²) in [6, 6.07) is 0.273. The molecule has 0 atom stereocenters. The third kappa shape index (κ3) is 3.70. The summed E-state index contributed by atoms with van der Waals surface area (Å²) in [7, 11) is 1.40. The van der Waals surface area contributed by atoms with Crippen LogP contribution in [0.25, 0.3) is 0 Å². The largest absolute Gasteiger partial charge is 0.352 e. The van der Waals surface area contributed by atoms with Gasteiger partial charge in [0.15, 0.2) is 5.03 Å². The summed E-state index contributed by atoms with van der Waals surface area (Å²) >= 11 is 0. The van der Waals surface area contributed by atoms with Crippen LogP contribution in [0.3, 0.4) is 0 Å². The molecular weight excluding hydrogens is 290 g/mol. The number of amides is 1. The molecule has 8 heteroatoms. The molecule has 0 aliphatic heterocycles. The van der Waals surface area contributed by atoms with Crippen LogP contribution in [0.5, 0.6) is 0 Å². The molecule has 1 N–H and O–H groups in total. The Bertz CT molecular complexity index is 590. The Labute approximate surface area is 116 Å². The van der Waals surface area contributed by atoms with Crippen LogP contribution >= 0.6 is 10.7 Å². The quantitative estimate of drug-likeness (QED) is 0.829. The van der Waals surface area contributed by atoms with Crippen LogP contribution in [-0.4, -0.2) is 29.9 Å². The first-order chi connectivity index (χ1) is 8.77. The topological polar surface area (TPSA) is 81.1 Å². The molecule has 1 saturated carbocycles. The van der Waals surface area contributed by atoms with Gasteiger partial charge in [-0.25, -0.2) is 13.4 Å². The monoisotopic (exact) mass is 305 g/mol. The molecule has 1 aliphatic rings. The van der Waals surface area contributed by atoms with E-state index in [1.165, 1.54) is 10.8 Å². The zero-order valence-electron chi connectivity index (χ0n) is 10.8. The molecular formula is C11H16ClN3O3S. The van der Waals surface area contributed by atoms with Crippen LogP contribution in [0.4, 0.5) is 0 Å². The molecule has 1 aliphatic carbocycles. The summed E-state index contributed by atoms with van der Waals surface area (Å²) in [6.07, 6.45) is 3.33. The van der Waals surface area contributed by atoms with Crippen molar-refractivity contribution in [2.45, 2.75) is 50.2 Å². The van der Waals surface area contributed by atoms with Gasteiger partial charge in [0.2, 0.25) is 5.91 Å². The third-order valence-electron chi connectivity index (χ3n) is 2.81. The molecule has 1 fully saturated rings. The Hall–Kier alpha value is -1.08. The second-order valence-electron chi connectivity index (χ2n) is 5.00. The number of rotatable bonds is 5. The van der Waals surface area contributed by atoms with Crippen LogP contribution in [0.1, 0.15) is 38.4 Å². The first kappa shape index (κ1) is 14.3. The van der Waals surface area contributed by atoms with E-state index in [1.807, 2.05) is 13.8 Å². The van der Waals surface area contributed by atoms with Gasteiger partial charge in [-0.3, -0.25) is 4.79 Å². The van der Waals surface area contributed by atoms with E-state index >= 15 is 0 Å². The number of halogens is 1. The third-order valence-corrected chi connectivity index (χ3v) is 3.98. The van der Waals surface area contributed by atoms with E-state index in [2.05, 4.69) is 10.3 Å². The molecule has 0 saturated heterocycles. The van der Waals surface area contributed by atoms with Crippen molar-refractivity contribution in [3.05, 3.63) is 12.0 Å². The van der Waals surface area contributed by atoms with Crippen molar-refractivity contribution in [3.8, 4) is 0 Å². The molecule has 0 spiro atoms. The molecule has 1 aromatic rings. The minimum absolute atomic E-state index is 0.000826. The fourth-order valence-corrected chi connectivity index (χ4v) is 2.44. The van der Waals surface area contributed by atoms with Crippen LogP contribution in [0.15, 0.2) is 11.2 Å². The number of hydrogen-bond donors (Lipinski definition) is 1. The van der Waals surface area contributed by atoms with Crippen molar-refractivity contribution in [2.24, 2.45) is 0 Å². The summed E-state index contributed by atoms with van der Waals surface area (Å²) in [5, 5.41) is 2.64. The average Bonchev–Trinajstić information content (AvgIpc) is 2.93. The zero-order valence-corrected chi connectivity index (χ0v) is 12.3. The predicted octanol–water partition coefficient (Wildman–Crippen LogP) is 1.21. The van der Waals surface area contributed by atoms with Gasteiger partial charge in [0, 0.05) is 28.8 Å². The van der Waals surface area contributed by atoms with Gasteiger partial charge in [-0.1, -0.05) is 13.8 Å². The molecule has 0 radical (unpaired) electrons. The highest BCUT2D eigenvalue weighted by atomic mass is 35.7. The molecule has 0 aromatic carbocycles. The maximum atomic E-state index is 11.8. The normalized spacial score (nSPS) is 15.8. The van der Waals surface area contributed by atoms with Crippen molar-refractivity contribution in [2.75, 3.05) is 0 Å². The van der Waals surface area contributed by atoms with Crippen molar-refractivity contribution in [1.29, 1.82) is 0 Å². The van der Waals surface area contributed by atoms with Gasteiger partial charge in [0.1, 0.15) is 12.4 Å².